The van der Waals surface area contributed by atoms with E-state index in [1.165, 1.54) is 0 Å². The summed E-state index contributed by atoms with van der Waals surface area (Å²) in [7, 11) is 0. The van der Waals surface area contributed by atoms with Crippen molar-refractivity contribution in [1.82, 2.24) is 9.38 Å². The van der Waals surface area contributed by atoms with Crippen LogP contribution >= 0.6 is 11.3 Å². The van der Waals surface area contributed by atoms with E-state index in [1.54, 1.807) is 22.7 Å². The first kappa shape index (κ1) is 10.2. The van der Waals surface area contributed by atoms with Crippen molar-refractivity contribution < 1.29 is 15.0 Å². The molecule has 0 spiro atoms. The number of thiazole rings is 1. The molecule has 0 unspecified atom stereocenters. The summed E-state index contributed by atoms with van der Waals surface area (Å²) in [6, 6.07) is 5.43. The molecule has 5 nitrogen and oxygen atoms in total. The molecule has 2 heterocycles. The third-order valence-electron chi connectivity index (χ3n) is 2.56. The smallest absolute Gasteiger partial charge is 0.347 e. The Morgan fingerprint density at radius 1 is 1.47 bits per heavy atom. The lowest BCUT2D eigenvalue weighted by molar-refractivity contribution is 0.0702. The van der Waals surface area contributed by atoms with E-state index in [-0.39, 0.29) is 11.5 Å². The quantitative estimate of drug-likeness (QED) is 0.724. The minimum Gasteiger partial charge on any atom is -0.477 e. The highest BCUT2D eigenvalue weighted by atomic mass is 32.1. The van der Waals surface area contributed by atoms with Gasteiger partial charge in [0, 0.05) is 6.20 Å². The normalized spacial score (nSPS) is 11.4. The van der Waals surface area contributed by atoms with Crippen LogP contribution in [0.1, 0.15) is 15.2 Å². The van der Waals surface area contributed by atoms with E-state index in [9.17, 15) is 4.79 Å². The molecule has 0 aliphatic carbocycles. The van der Waals surface area contributed by atoms with Crippen LogP contribution in [-0.4, -0.2) is 25.6 Å². The third kappa shape index (κ3) is 1.49. The first-order valence-electron chi connectivity index (χ1n) is 4.94. The number of aromatic nitrogens is 2. The Kier molecular flexibility index (Phi) is 2.13. The second-order valence-electron chi connectivity index (χ2n) is 3.65. The summed E-state index contributed by atoms with van der Waals surface area (Å²) >= 11 is 1.13. The van der Waals surface area contributed by atoms with Crippen LogP contribution in [0.5, 0.6) is 0 Å². The summed E-state index contributed by atoms with van der Waals surface area (Å²) < 4.78 is 1.75. The zero-order valence-corrected chi connectivity index (χ0v) is 9.44. The van der Waals surface area contributed by atoms with Crippen molar-refractivity contribution in [2.45, 2.75) is 6.61 Å². The first-order chi connectivity index (χ1) is 8.19. The number of aromatic carboxylic acids is 1. The number of hydrogen-bond acceptors (Lipinski definition) is 4. The lowest BCUT2D eigenvalue weighted by Gasteiger charge is -1.95. The number of imidazole rings is 1. The van der Waals surface area contributed by atoms with E-state index < -0.39 is 5.97 Å². The standard InChI is InChI=1S/C11H8N2O3S/c14-5-6-1-2-8-7(3-6)12-11-13(8)4-9(17-11)10(15)16/h1-4,14H,5H2,(H,15,16). The molecule has 17 heavy (non-hydrogen) atoms. The zero-order valence-electron chi connectivity index (χ0n) is 8.62. The fourth-order valence-corrected chi connectivity index (χ4v) is 2.59. The summed E-state index contributed by atoms with van der Waals surface area (Å²) in [6.45, 7) is -0.0263. The Labute approximate surface area is 99.6 Å². The van der Waals surface area contributed by atoms with E-state index in [4.69, 9.17) is 10.2 Å². The van der Waals surface area contributed by atoms with Crippen LogP contribution in [0.25, 0.3) is 16.0 Å². The van der Waals surface area contributed by atoms with Crippen molar-refractivity contribution in [1.29, 1.82) is 0 Å². The average molecular weight is 248 g/mol. The van der Waals surface area contributed by atoms with Gasteiger partial charge in [-0.1, -0.05) is 17.4 Å². The highest BCUT2D eigenvalue weighted by Crippen LogP contribution is 2.24. The fourth-order valence-electron chi connectivity index (χ4n) is 1.76. The van der Waals surface area contributed by atoms with Crippen LogP contribution in [-0.2, 0) is 6.61 Å². The summed E-state index contributed by atoms with van der Waals surface area (Å²) in [4.78, 5) is 16.1. The number of fused-ring (bicyclic) bond motifs is 3. The summed E-state index contributed by atoms with van der Waals surface area (Å²) in [5.74, 6) is -0.944. The molecule has 1 aromatic carbocycles. The molecular formula is C11H8N2O3S. The Bertz CT molecular complexity index is 729. The van der Waals surface area contributed by atoms with Gasteiger partial charge < -0.3 is 10.2 Å². The van der Waals surface area contributed by atoms with Gasteiger partial charge in [-0.3, -0.25) is 4.40 Å². The van der Waals surface area contributed by atoms with Gasteiger partial charge in [0.15, 0.2) is 4.96 Å². The van der Waals surface area contributed by atoms with Crippen LogP contribution in [0.3, 0.4) is 0 Å². The van der Waals surface area contributed by atoms with Crippen molar-refractivity contribution in [3.8, 4) is 0 Å². The molecule has 0 radical (unpaired) electrons. The Hall–Kier alpha value is -1.92. The maximum atomic E-state index is 10.8. The molecule has 0 saturated carbocycles. The van der Waals surface area contributed by atoms with Gasteiger partial charge in [0.25, 0.3) is 0 Å². The second kappa shape index (κ2) is 3.54. The maximum Gasteiger partial charge on any atom is 0.347 e. The Morgan fingerprint density at radius 3 is 3.00 bits per heavy atom. The van der Waals surface area contributed by atoms with Crippen molar-refractivity contribution in [2.24, 2.45) is 0 Å². The molecule has 3 rings (SSSR count). The molecule has 3 aromatic rings. The van der Waals surface area contributed by atoms with Crippen molar-refractivity contribution in [2.75, 3.05) is 0 Å². The van der Waals surface area contributed by atoms with Crippen LogP contribution in [0, 0.1) is 0 Å². The van der Waals surface area contributed by atoms with Gasteiger partial charge in [0.1, 0.15) is 4.88 Å². The monoisotopic (exact) mass is 248 g/mol. The SMILES string of the molecule is O=C(O)c1cn2c(nc3cc(CO)ccc32)s1. The third-order valence-corrected chi connectivity index (χ3v) is 3.53. The Balaban J connectivity index is 2.30. The van der Waals surface area contributed by atoms with E-state index in [0.29, 0.717) is 4.96 Å². The predicted molar refractivity (Wildman–Crippen MR) is 63.5 cm³/mol. The van der Waals surface area contributed by atoms with Crippen molar-refractivity contribution in [3.05, 3.63) is 34.8 Å². The fraction of sp³-hybridized carbons (Fsp3) is 0.0909. The summed E-state index contributed by atoms with van der Waals surface area (Å²) in [5.41, 5.74) is 2.40. The summed E-state index contributed by atoms with van der Waals surface area (Å²) in [6.07, 6.45) is 1.57. The van der Waals surface area contributed by atoms with Crippen LogP contribution in [0.15, 0.2) is 24.4 Å². The Morgan fingerprint density at radius 2 is 2.29 bits per heavy atom. The van der Waals surface area contributed by atoms with Gasteiger partial charge in [0.05, 0.1) is 17.6 Å². The molecule has 0 aliphatic rings. The molecule has 2 aromatic heterocycles. The molecular weight excluding hydrogens is 240 g/mol. The number of carboxylic acids is 1. The molecule has 86 valence electrons. The zero-order chi connectivity index (χ0) is 12.0. The molecule has 0 aliphatic heterocycles. The van der Waals surface area contributed by atoms with Crippen molar-refractivity contribution in [3.63, 3.8) is 0 Å². The molecule has 0 amide bonds. The molecule has 6 heteroatoms. The predicted octanol–water partition coefficient (Wildman–Crippen LogP) is 1.74. The largest absolute Gasteiger partial charge is 0.477 e. The number of hydrogen-bond donors (Lipinski definition) is 2. The minimum absolute atomic E-state index is 0.0263. The topological polar surface area (TPSA) is 74.8 Å². The lowest BCUT2D eigenvalue weighted by atomic mass is 10.2. The van der Waals surface area contributed by atoms with Crippen LogP contribution in [0.2, 0.25) is 0 Å². The summed E-state index contributed by atoms with van der Waals surface area (Å²) in [5, 5.41) is 17.9. The van der Waals surface area contributed by atoms with Gasteiger partial charge in [-0.2, -0.15) is 0 Å². The molecule has 0 saturated heterocycles. The molecule has 0 bridgehead atoms. The molecule has 0 fully saturated rings. The first-order valence-corrected chi connectivity index (χ1v) is 5.75. The second-order valence-corrected chi connectivity index (χ2v) is 4.66. The van der Waals surface area contributed by atoms with E-state index in [1.807, 2.05) is 6.07 Å². The van der Waals surface area contributed by atoms with E-state index >= 15 is 0 Å². The number of benzene rings is 1. The number of carbonyl (C=O) groups is 1. The minimum atomic E-state index is -0.944. The van der Waals surface area contributed by atoms with E-state index in [0.717, 1.165) is 27.9 Å². The number of nitrogens with zero attached hydrogens (tertiary/aromatic N) is 2. The molecule has 2 N–H and O–H groups in total. The van der Waals surface area contributed by atoms with Gasteiger partial charge in [0.2, 0.25) is 0 Å². The lowest BCUT2D eigenvalue weighted by Crippen LogP contribution is -1.91. The molecule has 0 atom stereocenters. The number of rotatable bonds is 2. The number of carboxylic acid groups (broad SMARTS) is 1. The maximum absolute atomic E-state index is 10.8. The highest BCUT2D eigenvalue weighted by molar-refractivity contribution is 7.18. The van der Waals surface area contributed by atoms with Crippen molar-refractivity contribution >= 4 is 33.3 Å². The van der Waals surface area contributed by atoms with E-state index in [2.05, 4.69) is 4.98 Å². The van der Waals surface area contributed by atoms with Crippen LogP contribution in [0.4, 0.5) is 0 Å². The number of aliphatic hydroxyl groups excluding tert-OH is 1. The van der Waals surface area contributed by atoms with Crippen LogP contribution < -0.4 is 0 Å². The highest BCUT2D eigenvalue weighted by Gasteiger charge is 2.12. The van der Waals surface area contributed by atoms with Gasteiger partial charge in [-0.05, 0) is 17.7 Å². The van der Waals surface area contributed by atoms with Gasteiger partial charge in [-0.15, -0.1) is 0 Å². The average Bonchev–Trinajstić information content (AvgIpc) is 2.84. The number of aliphatic hydroxyl groups is 1. The van der Waals surface area contributed by atoms with Gasteiger partial charge in [-0.25, -0.2) is 9.78 Å². The van der Waals surface area contributed by atoms with Gasteiger partial charge >= 0.3 is 5.97 Å².